The molecule has 4 heterocycles. The molecule has 348 valence electrons. The molecular weight excluding hydrogens is 1070 g/mol. The molecule has 14 rings (SSSR count). The summed E-state index contributed by atoms with van der Waals surface area (Å²) in [5, 5.41) is 4.26. The van der Waals surface area contributed by atoms with Crippen LogP contribution in [-0.2, 0) is 21.1 Å². The Labute approximate surface area is 450 Å². The second-order valence-electron chi connectivity index (χ2n) is 17.2. The molecule has 0 N–H and O–H groups in total. The summed E-state index contributed by atoms with van der Waals surface area (Å²) in [6.45, 7) is 0. The normalized spacial score (nSPS) is 13.4. The second kappa shape index (κ2) is 18.3. The third-order valence-corrected chi connectivity index (χ3v) is 13.1. The van der Waals surface area contributed by atoms with Crippen molar-refractivity contribution < 1.29 is 44.1 Å². The molecule has 0 saturated carbocycles. The van der Waals surface area contributed by atoms with Crippen LogP contribution in [0.2, 0.25) is 0 Å². The minimum atomic E-state index is -0.577. The van der Waals surface area contributed by atoms with Crippen molar-refractivity contribution in [3.8, 4) is 67.8 Å². The summed E-state index contributed by atoms with van der Waals surface area (Å²) < 4.78 is 102. The van der Waals surface area contributed by atoms with Gasteiger partial charge in [-0.2, -0.15) is 18.2 Å². The van der Waals surface area contributed by atoms with Crippen molar-refractivity contribution in [2.24, 2.45) is 0 Å². The first kappa shape index (κ1) is 34.3. The zero-order valence-corrected chi connectivity index (χ0v) is 40.6. The van der Waals surface area contributed by atoms with Crippen molar-refractivity contribution in [1.29, 1.82) is 0 Å². The topological polar surface area (TPSA) is 40.8 Å². The van der Waals surface area contributed by atoms with Gasteiger partial charge in [0.1, 0.15) is 5.82 Å². The van der Waals surface area contributed by atoms with Gasteiger partial charge in [0.2, 0.25) is 0 Å². The van der Waals surface area contributed by atoms with Crippen LogP contribution in [0.3, 0.4) is 0 Å². The van der Waals surface area contributed by atoms with Crippen LogP contribution in [0, 0.1) is 18.5 Å². The first-order valence-corrected chi connectivity index (χ1v) is 23.3. The van der Waals surface area contributed by atoms with Gasteiger partial charge in [-0.1, -0.05) is 193 Å². The van der Waals surface area contributed by atoms with Crippen LogP contribution < -0.4 is 9.30 Å². The second-order valence-corrected chi connectivity index (χ2v) is 17.2. The van der Waals surface area contributed by atoms with Crippen molar-refractivity contribution in [3.63, 3.8) is 0 Å². The van der Waals surface area contributed by atoms with Crippen molar-refractivity contribution in [2.75, 3.05) is 0 Å². The number of nitrogens with zero attached hydrogens (tertiary/aromatic N) is 5. The fraction of sp³-hybridized carbons (Fsp3) is 0. The first-order valence-electron chi connectivity index (χ1n) is 28.3. The van der Waals surface area contributed by atoms with Crippen molar-refractivity contribution in [3.05, 3.63) is 267 Å². The minimum Gasteiger partial charge on any atom is -0.510 e. The third-order valence-electron chi connectivity index (χ3n) is 13.1. The Hall–Kier alpha value is -9.09. The first-order chi connectivity index (χ1) is 39.9. The van der Waals surface area contributed by atoms with Gasteiger partial charge in [-0.25, -0.2) is 4.98 Å². The molecule has 6 nitrogen and oxygen atoms in total. The number of para-hydroxylation sites is 6. The Kier molecular flexibility index (Phi) is 8.57. The Balaban J connectivity index is 0.00000645. The van der Waals surface area contributed by atoms with Gasteiger partial charge in [-0.15, -0.1) is 29.7 Å². The van der Waals surface area contributed by atoms with E-state index in [1.54, 1.807) is 39.5 Å². The van der Waals surface area contributed by atoms with Crippen LogP contribution in [0.4, 0.5) is 0 Å². The monoisotopic (exact) mass is 1120 g/mol. The molecule has 4 aromatic heterocycles. The summed E-state index contributed by atoms with van der Waals surface area (Å²) in [4.78, 5) is 5.17. The number of imidazole rings is 1. The molecule has 0 aliphatic rings. The standard InChI is InChI=1S/C66H41N5O.Pt/c1-4-19-45(20-5-1)52-29-17-30-53(46-21-6-2-7-22-46)65(52)69-44-68(61-35-14-15-36-62(61)69)48-25-16-26-50(41-48)72-51-38-39-57-55-27-10-13-34-60(55)71(63(57)42-51)64-40-37-49(43-67-64)70-59-33-12-11-28-56(59)58-32-18-31-54(66(58)70)47-23-8-3-9-24-47;/h1-40,43H;/q-2;/i1D,2D,4D,5D,6D,7D,19D,20D,21D,22D;. The molecule has 0 aliphatic carbocycles. The molecule has 0 bridgehead atoms. The van der Waals surface area contributed by atoms with Gasteiger partial charge in [0, 0.05) is 54.4 Å². The molecule has 0 aliphatic heterocycles. The molecule has 0 amide bonds. The van der Waals surface area contributed by atoms with Crippen LogP contribution >= 0.6 is 0 Å². The van der Waals surface area contributed by atoms with Gasteiger partial charge in [0.15, 0.2) is 0 Å². The minimum absolute atomic E-state index is 0. The fourth-order valence-electron chi connectivity index (χ4n) is 10.1. The van der Waals surface area contributed by atoms with E-state index in [2.05, 4.69) is 113 Å². The van der Waals surface area contributed by atoms with Crippen molar-refractivity contribution in [1.82, 2.24) is 18.7 Å². The SMILES string of the molecule is [2H]c1c([2H])c([2H])c(-c2cccc(-c3c([2H])c([2H])c([2H])c([2H])c3[2H])c2-[n+]2[c-]n(-c3[c-]c(Oc4[c-]c5c(cc4)c4ccccc4n5-c4ccc(-n5c6ccccc6c6cccc(-c7ccccc7)c65)cn4)ccc3)c3ccccc32)c([2H])c1[2H].[Pt]. The molecule has 0 spiro atoms. The number of aromatic nitrogens is 5. The number of rotatable bonds is 9. The maximum Gasteiger partial charge on any atom is 0.268 e. The Morgan fingerprint density at radius 2 is 1.07 bits per heavy atom. The smallest absolute Gasteiger partial charge is 0.268 e. The summed E-state index contributed by atoms with van der Waals surface area (Å²) in [5.41, 5.74) is 8.76. The molecule has 0 atom stereocenters. The van der Waals surface area contributed by atoms with E-state index in [0.29, 0.717) is 34.0 Å². The Morgan fingerprint density at radius 1 is 0.466 bits per heavy atom. The summed E-state index contributed by atoms with van der Waals surface area (Å²) >= 11 is 0. The van der Waals surface area contributed by atoms with Crippen LogP contribution in [0.5, 0.6) is 11.5 Å². The van der Waals surface area contributed by atoms with Gasteiger partial charge < -0.3 is 18.4 Å². The zero-order valence-electron chi connectivity index (χ0n) is 48.4. The Morgan fingerprint density at radius 3 is 1.79 bits per heavy atom. The summed E-state index contributed by atoms with van der Waals surface area (Å²) in [5.74, 6) is 1.44. The average Bonchev–Trinajstić information content (AvgIpc) is 4.37. The van der Waals surface area contributed by atoms with Gasteiger partial charge in [0.05, 0.1) is 53.3 Å². The van der Waals surface area contributed by atoms with Gasteiger partial charge >= 0.3 is 0 Å². The maximum absolute atomic E-state index is 9.06. The van der Waals surface area contributed by atoms with Gasteiger partial charge in [0.25, 0.3) is 6.33 Å². The molecular formula is C66H41N5OPt-2. The molecule has 0 saturated heterocycles. The number of pyridine rings is 1. The van der Waals surface area contributed by atoms with E-state index in [4.69, 9.17) is 23.4 Å². The predicted octanol–water partition coefficient (Wildman–Crippen LogP) is 15.7. The molecule has 0 radical (unpaired) electrons. The molecule has 7 heteroatoms. The number of hydrogen-bond acceptors (Lipinski definition) is 2. The molecule has 10 aromatic carbocycles. The maximum atomic E-state index is 9.06. The number of fused-ring (bicyclic) bond motifs is 7. The van der Waals surface area contributed by atoms with E-state index in [9.17, 15) is 0 Å². The van der Waals surface area contributed by atoms with Crippen LogP contribution in [0.1, 0.15) is 13.7 Å². The number of hydrogen-bond donors (Lipinski definition) is 0. The van der Waals surface area contributed by atoms with Crippen molar-refractivity contribution in [2.45, 2.75) is 0 Å². The summed E-state index contributed by atoms with van der Waals surface area (Å²) in [6, 6.07) is 60.6. The fourth-order valence-corrected chi connectivity index (χ4v) is 10.1. The molecule has 73 heavy (non-hydrogen) atoms. The quantitative estimate of drug-likeness (QED) is 0.107. The van der Waals surface area contributed by atoms with E-state index in [1.807, 2.05) is 72.9 Å². The third kappa shape index (κ3) is 7.46. The van der Waals surface area contributed by atoms with E-state index >= 15 is 0 Å². The Bertz CT molecular complexity index is 4840. The van der Waals surface area contributed by atoms with Crippen molar-refractivity contribution >= 4 is 54.6 Å². The van der Waals surface area contributed by atoms with Crippen LogP contribution in [0.15, 0.2) is 249 Å². The zero-order chi connectivity index (χ0) is 56.2. The molecule has 0 unspecified atom stereocenters. The van der Waals surface area contributed by atoms with Crippen LogP contribution in [-0.4, -0.2) is 18.7 Å². The van der Waals surface area contributed by atoms with E-state index in [0.717, 1.165) is 60.4 Å². The van der Waals surface area contributed by atoms with Crippen LogP contribution in [0.25, 0.3) is 111 Å². The molecule has 14 aromatic rings. The average molecular weight is 1130 g/mol. The predicted molar refractivity (Wildman–Crippen MR) is 291 cm³/mol. The summed E-state index contributed by atoms with van der Waals surface area (Å²) in [7, 11) is 0. The largest absolute Gasteiger partial charge is 0.510 e. The van der Waals surface area contributed by atoms with Gasteiger partial charge in [-0.3, -0.25) is 4.57 Å². The number of ether oxygens (including phenoxy) is 1. The summed E-state index contributed by atoms with van der Waals surface area (Å²) in [6.07, 6.45) is 5.34. The molecule has 0 fully saturated rings. The van der Waals surface area contributed by atoms with E-state index in [1.165, 1.54) is 0 Å². The van der Waals surface area contributed by atoms with E-state index < -0.39 is 60.4 Å². The number of benzene rings is 10. The van der Waals surface area contributed by atoms with E-state index in [-0.39, 0.29) is 49.0 Å². The van der Waals surface area contributed by atoms with Gasteiger partial charge in [-0.05, 0) is 63.2 Å².